The summed E-state index contributed by atoms with van der Waals surface area (Å²) in [5, 5.41) is 10.6. The lowest BCUT2D eigenvalue weighted by Crippen LogP contribution is -2.28. The first kappa shape index (κ1) is 13.1. The van der Waals surface area contributed by atoms with E-state index in [1.807, 2.05) is 0 Å². The summed E-state index contributed by atoms with van der Waals surface area (Å²) in [5.74, 6) is 0.0608. The number of hydrogen-bond donors (Lipinski definition) is 0. The molecule has 0 radical (unpaired) electrons. The van der Waals surface area contributed by atoms with Crippen LogP contribution in [-0.2, 0) is 9.47 Å². The maximum Gasteiger partial charge on any atom is 0.338 e. The summed E-state index contributed by atoms with van der Waals surface area (Å²) in [6.45, 7) is 0.737. The molecule has 0 spiro atoms. The van der Waals surface area contributed by atoms with Crippen LogP contribution in [0.2, 0.25) is 0 Å². The van der Waals surface area contributed by atoms with Crippen LogP contribution in [0.25, 0.3) is 0 Å². The van der Waals surface area contributed by atoms with E-state index in [1.165, 1.54) is 24.3 Å². The number of carbonyl (C=O) groups is 1. The van der Waals surface area contributed by atoms with Crippen molar-refractivity contribution in [1.29, 1.82) is 0 Å². The number of carbonyl (C=O) groups excluding carboxylic acids is 1. The second-order valence-electron chi connectivity index (χ2n) is 5.21. The largest absolute Gasteiger partial charge is 0.456 e. The van der Waals surface area contributed by atoms with Crippen LogP contribution in [0.1, 0.15) is 29.6 Å². The van der Waals surface area contributed by atoms with Gasteiger partial charge < -0.3 is 9.47 Å². The molecule has 0 N–H and O–H groups in total. The highest BCUT2D eigenvalue weighted by Crippen LogP contribution is 2.37. The molecule has 1 aliphatic heterocycles. The predicted molar refractivity (Wildman–Crippen MR) is 69.4 cm³/mol. The SMILES string of the molecule is O=C(OC1CCC2CCOC21)c1ccc([N+](=O)[O-])cc1. The van der Waals surface area contributed by atoms with Gasteiger partial charge in [-0.2, -0.15) is 0 Å². The van der Waals surface area contributed by atoms with Crippen LogP contribution in [0, 0.1) is 16.0 Å². The minimum atomic E-state index is -0.497. The van der Waals surface area contributed by atoms with E-state index < -0.39 is 10.9 Å². The molecule has 3 unspecified atom stereocenters. The molecule has 1 aromatic carbocycles. The summed E-state index contributed by atoms with van der Waals surface area (Å²) < 4.78 is 11.1. The number of esters is 1. The lowest BCUT2D eigenvalue weighted by Gasteiger charge is -2.18. The fourth-order valence-electron chi connectivity index (χ4n) is 2.97. The third kappa shape index (κ3) is 2.38. The van der Waals surface area contributed by atoms with Crippen LogP contribution in [0.5, 0.6) is 0 Å². The Morgan fingerprint density at radius 2 is 2.00 bits per heavy atom. The average molecular weight is 277 g/mol. The van der Waals surface area contributed by atoms with Gasteiger partial charge in [0.2, 0.25) is 0 Å². The standard InChI is InChI=1S/C14H15NO5/c16-14(10-1-4-11(5-2-10)15(17)18)20-12-6-3-9-7-8-19-13(9)12/h1-2,4-5,9,12-13H,3,6-8H2. The van der Waals surface area contributed by atoms with Gasteiger partial charge >= 0.3 is 5.97 Å². The number of nitrogens with zero attached hydrogens (tertiary/aromatic N) is 1. The molecule has 106 valence electrons. The Morgan fingerprint density at radius 1 is 1.25 bits per heavy atom. The van der Waals surface area contributed by atoms with Crippen molar-refractivity contribution in [3.8, 4) is 0 Å². The Hall–Kier alpha value is -1.95. The predicted octanol–water partition coefficient (Wildman–Crippen LogP) is 2.32. The van der Waals surface area contributed by atoms with Crippen molar-refractivity contribution in [3.05, 3.63) is 39.9 Å². The van der Waals surface area contributed by atoms with Crippen molar-refractivity contribution in [3.63, 3.8) is 0 Å². The highest BCUT2D eigenvalue weighted by atomic mass is 16.6. The number of fused-ring (bicyclic) bond motifs is 1. The Balaban J connectivity index is 1.65. The number of benzene rings is 1. The molecule has 1 saturated heterocycles. The number of rotatable bonds is 3. The van der Waals surface area contributed by atoms with Gasteiger partial charge in [-0.3, -0.25) is 10.1 Å². The zero-order chi connectivity index (χ0) is 14.1. The quantitative estimate of drug-likeness (QED) is 0.481. The third-order valence-electron chi connectivity index (χ3n) is 4.02. The van der Waals surface area contributed by atoms with Crippen molar-refractivity contribution in [2.75, 3.05) is 6.61 Å². The van der Waals surface area contributed by atoms with E-state index >= 15 is 0 Å². The van der Waals surface area contributed by atoms with E-state index in [4.69, 9.17) is 9.47 Å². The molecule has 0 amide bonds. The van der Waals surface area contributed by atoms with Gasteiger partial charge in [0.1, 0.15) is 6.10 Å². The van der Waals surface area contributed by atoms with Gasteiger partial charge in [-0.1, -0.05) is 0 Å². The van der Waals surface area contributed by atoms with E-state index in [1.54, 1.807) is 0 Å². The summed E-state index contributed by atoms with van der Waals surface area (Å²) in [6.07, 6.45) is 2.73. The Labute approximate surface area is 115 Å². The van der Waals surface area contributed by atoms with Gasteiger partial charge in [-0.15, -0.1) is 0 Å². The summed E-state index contributed by atoms with van der Waals surface area (Å²) in [4.78, 5) is 22.1. The molecule has 3 atom stereocenters. The van der Waals surface area contributed by atoms with E-state index in [9.17, 15) is 14.9 Å². The molecule has 0 aromatic heterocycles. The molecule has 0 bridgehead atoms. The van der Waals surface area contributed by atoms with E-state index in [-0.39, 0.29) is 17.9 Å². The van der Waals surface area contributed by atoms with E-state index in [0.717, 1.165) is 25.9 Å². The molecule has 1 heterocycles. The molecule has 1 aliphatic carbocycles. The zero-order valence-corrected chi connectivity index (χ0v) is 10.9. The first-order valence-corrected chi connectivity index (χ1v) is 6.72. The van der Waals surface area contributed by atoms with Crippen molar-refractivity contribution in [2.45, 2.75) is 31.5 Å². The smallest absolute Gasteiger partial charge is 0.338 e. The number of ether oxygens (including phenoxy) is 2. The van der Waals surface area contributed by atoms with Crippen LogP contribution >= 0.6 is 0 Å². The number of non-ortho nitro benzene ring substituents is 1. The molecule has 20 heavy (non-hydrogen) atoms. The fourth-order valence-corrected chi connectivity index (χ4v) is 2.97. The number of nitro groups is 1. The van der Waals surface area contributed by atoms with Crippen LogP contribution < -0.4 is 0 Å². The second kappa shape index (κ2) is 5.20. The Bertz CT molecular complexity index is 527. The minimum absolute atomic E-state index is 0.0250. The van der Waals surface area contributed by atoms with Crippen molar-refractivity contribution in [2.24, 2.45) is 5.92 Å². The van der Waals surface area contributed by atoms with Gasteiger partial charge in [0.05, 0.1) is 16.6 Å². The lowest BCUT2D eigenvalue weighted by molar-refractivity contribution is -0.384. The molecule has 2 aliphatic rings. The van der Waals surface area contributed by atoms with Gasteiger partial charge in [0.25, 0.3) is 5.69 Å². The number of nitro benzene ring substituents is 1. The summed E-state index contributed by atoms with van der Waals surface area (Å²) in [5.41, 5.74) is 0.290. The van der Waals surface area contributed by atoms with Gasteiger partial charge in [0, 0.05) is 18.7 Å². The maximum absolute atomic E-state index is 12.0. The molecule has 6 heteroatoms. The van der Waals surface area contributed by atoms with Crippen LogP contribution in [0.15, 0.2) is 24.3 Å². The number of hydrogen-bond acceptors (Lipinski definition) is 5. The monoisotopic (exact) mass is 277 g/mol. The first-order valence-electron chi connectivity index (χ1n) is 6.72. The van der Waals surface area contributed by atoms with Crippen molar-refractivity contribution in [1.82, 2.24) is 0 Å². The molecule has 1 aromatic rings. The van der Waals surface area contributed by atoms with Crippen LogP contribution in [0.3, 0.4) is 0 Å². The minimum Gasteiger partial charge on any atom is -0.456 e. The average Bonchev–Trinajstić information content (AvgIpc) is 3.04. The second-order valence-corrected chi connectivity index (χ2v) is 5.21. The third-order valence-corrected chi connectivity index (χ3v) is 4.02. The van der Waals surface area contributed by atoms with Gasteiger partial charge in [-0.25, -0.2) is 4.79 Å². The zero-order valence-electron chi connectivity index (χ0n) is 10.9. The molecular weight excluding hydrogens is 262 g/mol. The first-order chi connectivity index (χ1) is 9.65. The topological polar surface area (TPSA) is 78.7 Å². The summed E-state index contributed by atoms with van der Waals surface area (Å²) in [6, 6.07) is 5.45. The Morgan fingerprint density at radius 3 is 2.70 bits per heavy atom. The van der Waals surface area contributed by atoms with Crippen molar-refractivity contribution >= 4 is 11.7 Å². The maximum atomic E-state index is 12.0. The highest BCUT2D eigenvalue weighted by molar-refractivity contribution is 5.89. The molecule has 6 nitrogen and oxygen atoms in total. The molecule has 1 saturated carbocycles. The van der Waals surface area contributed by atoms with Crippen LogP contribution in [0.4, 0.5) is 5.69 Å². The van der Waals surface area contributed by atoms with E-state index in [2.05, 4.69) is 0 Å². The fraction of sp³-hybridized carbons (Fsp3) is 0.500. The molecule has 2 fully saturated rings. The van der Waals surface area contributed by atoms with Gasteiger partial charge in [0.15, 0.2) is 0 Å². The molecular formula is C14H15NO5. The van der Waals surface area contributed by atoms with Gasteiger partial charge in [-0.05, 0) is 37.3 Å². The normalized spacial score (nSPS) is 28.1. The van der Waals surface area contributed by atoms with Crippen LogP contribution in [-0.4, -0.2) is 29.7 Å². The highest BCUT2D eigenvalue weighted by Gasteiger charge is 2.42. The molecule has 3 rings (SSSR count). The Kier molecular flexibility index (Phi) is 3.40. The summed E-state index contributed by atoms with van der Waals surface area (Å²) >= 11 is 0. The lowest BCUT2D eigenvalue weighted by atomic mass is 10.1. The van der Waals surface area contributed by atoms with Crippen molar-refractivity contribution < 1.29 is 19.2 Å². The summed E-state index contributed by atoms with van der Waals surface area (Å²) in [7, 11) is 0. The van der Waals surface area contributed by atoms with E-state index in [0.29, 0.717) is 11.5 Å².